The zero-order valence-electron chi connectivity index (χ0n) is 18.4. The first-order chi connectivity index (χ1) is 14.9. The molecule has 10 heteroatoms. The minimum Gasteiger partial charge on any atom is -0.355 e. The smallest absolute Gasteiger partial charge is 0.244 e. The third-order valence-corrected chi connectivity index (χ3v) is 7.39. The minimum atomic E-state index is -3.75. The number of nitrogens with zero attached hydrogens (tertiary/aromatic N) is 2. The highest BCUT2D eigenvalue weighted by Gasteiger charge is 2.30. The number of benzene rings is 2. The topological polar surface area (TPSA) is 86.8 Å². The van der Waals surface area contributed by atoms with Crippen molar-refractivity contribution in [2.24, 2.45) is 0 Å². The third-order valence-electron chi connectivity index (χ3n) is 4.87. The number of nitrogens with one attached hydrogen (secondary N) is 1. The van der Waals surface area contributed by atoms with Crippen LogP contribution in [0.25, 0.3) is 0 Å². The van der Waals surface area contributed by atoms with Gasteiger partial charge in [-0.1, -0.05) is 44.0 Å². The van der Waals surface area contributed by atoms with Gasteiger partial charge in [-0.3, -0.25) is 13.9 Å². The molecule has 1 atom stereocenters. The number of sulfonamides is 1. The molecule has 7 nitrogen and oxygen atoms in total. The van der Waals surface area contributed by atoms with Crippen LogP contribution in [0.15, 0.2) is 51.4 Å². The average molecular weight is 589 g/mol. The van der Waals surface area contributed by atoms with Gasteiger partial charge in [0.05, 0.1) is 11.9 Å². The Morgan fingerprint density at radius 1 is 1.12 bits per heavy atom. The van der Waals surface area contributed by atoms with Crippen LogP contribution in [0.5, 0.6) is 0 Å². The fourth-order valence-corrected chi connectivity index (χ4v) is 4.67. The van der Waals surface area contributed by atoms with E-state index in [9.17, 15) is 18.0 Å². The Morgan fingerprint density at radius 2 is 1.81 bits per heavy atom. The molecule has 2 rings (SSSR count). The molecule has 0 saturated carbocycles. The normalized spacial score (nSPS) is 12.2. The van der Waals surface area contributed by atoms with Crippen molar-refractivity contribution in [3.8, 4) is 0 Å². The van der Waals surface area contributed by atoms with Crippen molar-refractivity contribution >= 4 is 59.4 Å². The van der Waals surface area contributed by atoms with E-state index in [0.717, 1.165) is 30.6 Å². The van der Waals surface area contributed by atoms with Crippen molar-refractivity contribution in [3.05, 3.63) is 62.5 Å². The molecular weight excluding hydrogens is 562 g/mol. The number of anilines is 1. The summed E-state index contributed by atoms with van der Waals surface area (Å²) in [6, 6.07) is 11.7. The number of hydrogen-bond donors (Lipinski definition) is 1. The van der Waals surface area contributed by atoms with Gasteiger partial charge in [-0.25, -0.2) is 8.42 Å². The highest BCUT2D eigenvalue weighted by atomic mass is 79.9. The lowest BCUT2D eigenvalue weighted by molar-refractivity contribution is -0.139. The molecule has 0 bridgehead atoms. The summed E-state index contributed by atoms with van der Waals surface area (Å²) in [7, 11) is -3.75. The van der Waals surface area contributed by atoms with Crippen molar-refractivity contribution in [2.75, 3.05) is 23.7 Å². The van der Waals surface area contributed by atoms with Crippen LogP contribution in [0, 0.1) is 6.92 Å². The third kappa shape index (κ3) is 7.05. The van der Waals surface area contributed by atoms with Crippen molar-refractivity contribution < 1.29 is 18.0 Å². The van der Waals surface area contributed by atoms with Gasteiger partial charge >= 0.3 is 0 Å². The summed E-state index contributed by atoms with van der Waals surface area (Å²) < 4.78 is 27.8. The van der Waals surface area contributed by atoms with E-state index in [4.69, 9.17) is 0 Å². The maximum atomic E-state index is 13.4. The van der Waals surface area contributed by atoms with Gasteiger partial charge in [0.2, 0.25) is 21.8 Å². The average Bonchev–Trinajstić information content (AvgIpc) is 2.71. The molecule has 32 heavy (non-hydrogen) atoms. The van der Waals surface area contributed by atoms with Gasteiger partial charge in [0.25, 0.3) is 0 Å². The van der Waals surface area contributed by atoms with E-state index in [1.807, 2.05) is 31.2 Å². The van der Waals surface area contributed by atoms with Gasteiger partial charge in [-0.05, 0) is 62.2 Å². The lowest BCUT2D eigenvalue weighted by atomic mass is 10.1. The highest BCUT2D eigenvalue weighted by molar-refractivity contribution is 9.10. The lowest BCUT2D eigenvalue weighted by Gasteiger charge is -2.31. The summed E-state index contributed by atoms with van der Waals surface area (Å²) in [6.07, 6.45) is 1.06. The van der Waals surface area contributed by atoms with Crippen LogP contribution in [-0.4, -0.2) is 50.5 Å². The summed E-state index contributed by atoms with van der Waals surface area (Å²) in [4.78, 5) is 27.3. The predicted octanol–water partition coefficient (Wildman–Crippen LogP) is 3.84. The number of hydrogen-bond acceptors (Lipinski definition) is 4. The second-order valence-electron chi connectivity index (χ2n) is 7.43. The number of carbonyl (C=O) groups is 2. The molecule has 0 fully saturated rings. The fraction of sp³-hybridized carbons (Fsp3) is 0.364. The summed E-state index contributed by atoms with van der Waals surface area (Å²) >= 11 is 6.82. The van der Waals surface area contributed by atoms with Crippen molar-refractivity contribution in [1.29, 1.82) is 0 Å². The van der Waals surface area contributed by atoms with E-state index in [-0.39, 0.29) is 12.5 Å². The van der Waals surface area contributed by atoms with E-state index in [2.05, 4.69) is 37.2 Å². The molecule has 174 valence electrons. The van der Waals surface area contributed by atoms with Gasteiger partial charge < -0.3 is 10.2 Å². The molecule has 0 aromatic heterocycles. The van der Waals surface area contributed by atoms with Crippen LogP contribution in [0.4, 0.5) is 5.69 Å². The van der Waals surface area contributed by atoms with Gasteiger partial charge in [0.1, 0.15) is 12.6 Å². The number of amides is 2. The van der Waals surface area contributed by atoms with Crippen LogP contribution in [0.1, 0.15) is 25.0 Å². The standard InChI is InChI=1S/C22H27Br2N3O4S/c1-5-25-22(29)16(3)26(13-17-7-6-8-18(23)12-17)21(28)14-27(32(4,30)31)19-9-10-20(24)15(2)11-19/h6-12,16H,5,13-14H2,1-4H3,(H,25,29)/t16-/m0/s1. The molecule has 0 aliphatic rings. The lowest BCUT2D eigenvalue weighted by Crippen LogP contribution is -2.51. The Morgan fingerprint density at radius 3 is 2.38 bits per heavy atom. The maximum absolute atomic E-state index is 13.4. The van der Waals surface area contributed by atoms with Crippen LogP contribution in [-0.2, 0) is 26.2 Å². The molecule has 2 aromatic rings. The highest BCUT2D eigenvalue weighted by Crippen LogP contribution is 2.25. The number of rotatable bonds is 9. The second-order valence-corrected chi connectivity index (χ2v) is 11.1. The van der Waals surface area contributed by atoms with Crippen LogP contribution < -0.4 is 9.62 Å². The quantitative estimate of drug-likeness (QED) is 0.482. The minimum absolute atomic E-state index is 0.160. The van der Waals surface area contributed by atoms with Gasteiger partial charge in [-0.15, -0.1) is 0 Å². The predicted molar refractivity (Wildman–Crippen MR) is 134 cm³/mol. The Balaban J connectivity index is 2.40. The number of likely N-dealkylation sites (N-methyl/N-ethyl adjacent to an activating group) is 1. The van der Waals surface area contributed by atoms with E-state index in [0.29, 0.717) is 12.2 Å². The maximum Gasteiger partial charge on any atom is 0.244 e. The molecule has 2 aromatic carbocycles. The first-order valence-corrected chi connectivity index (χ1v) is 13.4. The fourth-order valence-electron chi connectivity index (χ4n) is 3.13. The SMILES string of the molecule is CCNC(=O)[C@H](C)N(Cc1cccc(Br)c1)C(=O)CN(c1ccc(Br)c(C)c1)S(C)(=O)=O. The molecule has 0 radical (unpaired) electrons. The van der Waals surface area contributed by atoms with Gasteiger partial charge in [0.15, 0.2) is 0 Å². The van der Waals surface area contributed by atoms with E-state index in [1.165, 1.54) is 4.90 Å². The van der Waals surface area contributed by atoms with Crippen molar-refractivity contribution in [2.45, 2.75) is 33.4 Å². The zero-order valence-corrected chi connectivity index (χ0v) is 22.4. The largest absolute Gasteiger partial charge is 0.355 e. The molecule has 0 unspecified atom stereocenters. The monoisotopic (exact) mass is 587 g/mol. The summed E-state index contributed by atoms with van der Waals surface area (Å²) in [5.74, 6) is -0.782. The Labute approximate surface area is 206 Å². The number of aryl methyl sites for hydroxylation is 1. The first kappa shape index (κ1) is 26.3. The number of carbonyl (C=O) groups excluding carboxylic acids is 2. The van der Waals surface area contributed by atoms with E-state index in [1.54, 1.807) is 32.0 Å². The summed E-state index contributed by atoms with van der Waals surface area (Å²) in [6.45, 7) is 5.44. The van der Waals surface area contributed by atoms with Crippen molar-refractivity contribution in [3.63, 3.8) is 0 Å². The first-order valence-electron chi connectivity index (χ1n) is 9.99. The molecule has 0 aliphatic heterocycles. The Bertz CT molecular complexity index is 1090. The molecule has 1 N–H and O–H groups in total. The molecule has 0 aliphatic carbocycles. The summed E-state index contributed by atoms with van der Waals surface area (Å²) in [5, 5.41) is 2.73. The van der Waals surface area contributed by atoms with Crippen LogP contribution in [0.2, 0.25) is 0 Å². The van der Waals surface area contributed by atoms with Crippen LogP contribution >= 0.6 is 31.9 Å². The van der Waals surface area contributed by atoms with Crippen molar-refractivity contribution in [1.82, 2.24) is 10.2 Å². The second kappa shape index (κ2) is 11.3. The Kier molecular flexibility index (Phi) is 9.29. The number of halogens is 2. The van der Waals surface area contributed by atoms with E-state index < -0.39 is 28.5 Å². The Hall–Kier alpha value is -1.91. The van der Waals surface area contributed by atoms with E-state index >= 15 is 0 Å². The summed E-state index contributed by atoms with van der Waals surface area (Å²) in [5.41, 5.74) is 2.04. The molecule has 0 heterocycles. The molecule has 0 spiro atoms. The van der Waals surface area contributed by atoms with Gasteiger partial charge in [0, 0.05) is 22.0 Å². The molecule has 2 amide bonds. The van der Waals surface area contributed by atoms with Gasteiger partial charge in [-0.2, -0.15) is 0 Å². The molecule has 0 saturated heterocycles. The zero-order chi connectivity index (χ0) is 24.1. The van der Waals surface area contributed by atoms with Crippen LogP contribution in [0.3, 0.4) is 0 Å². The molecular formula is C22H27Br2N3O4S.